The van der Waals surface area contributed by atoms with Gasteiger partial charge < -0.3 is 14.0 Å². The third-order valence-electron chi connectivity index (χ3n) is 3.07. The molecule has 0 saturated heterocycles. The molecule has 6 nitrogen and oxygen atoms in total. The van der Waals surface area contributed by atoms with Crippen LogP contribution in [0.1, 0.15) is 0 Å². The van der Waals surface area contributed by atoms with E-state index in [1.807, 2.05) is 0 Å². The summed E-state index contributed by atoms with van der Waals surface area (Å²) < 4.78 is 15.8. The van der Waals surface area contributed by atoms with Gasteiger partial charge >= 0.3 is 0 Å². The molecular formula is C15H12ClN3O3. The molecule has 112 valence electrons. The number of pyridine rings is 1. The molecule has 0 aliphatic rings. The summed E-state index contributed by atoms with van der Waals surface area (Å²) in [6.45, 7) is 0. The Labute approximate surface area is 131 Å². The van der Waals surface area contributed by atoms with Crippen molar-refractivity contribution in [1.29, 1.82) is 0 Å². The van der Waals surface area contributed by atoms with Crippen LogP contribution in [0.15, 0.2) is 41.1 Å². The molecular weight excluding hydrogens is 306 g/mol. The maximum atomic E-state index is 6.03. The lowest BCUT2D eigenvalue weighted by atomic mass is 10.2. The number of methoxy groups -OCH3 is 2. The van der Waals surface area contributed by atoms with Crippen LogP contribution in [0.3, 0.4) is 0 Å². The number of hydrogen-bond acceptors (Lipinski definition) is 6. The van der Waals surface area contributed by atoms with Gasteiger partial charge in [-0.25, -0.2) is 4.98 Å². The van der Waals surface area contributed by atoms with Crippen LogP contribution in [0, 0.1) is 0 Å². The number of nitrogens with zero attached hydrogens (tertiary/aromatic N) is 3. The van der Waals surface area contributed by atoms with Crippen LogP contribution in [-0.2, 0) is 0 Å². The molecule has 0 bridgehead atoms. The first-order valence-corrected chi connectivity index (χ1v) is 6.77. The van der Waals surface area contributed by atoms with E-state index in [4.69, 9.17) is 25.6 Å². The zero-order chi connectivity index (χ0) is 15.5. The molecule has 7 heteroatoms. The van der Waals surface area contributed by atoms with Gasteiger partial charge in [0.25, 0.3) is 5.89 Å². The average Bonchev–Trinajstić information content (AvgIpc) is 3.04. The van der Waals surface area contributed by atoms with E-state index in [1.165, 1.54) is 0 Å². The first-order chi connectivity index (χ1) is 10.7. The highest BCUT2D eigenvalue weighted by atomic mass is 35.5. The van der Waals surface area contributed by atoms with Crippen molar-refractivity contribution in [2.24, 2.45) is 0 Å². The Bertz CT molecular complexity index is 804. The molecule has 1 aromatic carbocycles. The maximum Gasteiger partial charge on any atom is 0.261 e. The minimum Gasteiger partial charge on any atom is -0.497 e. The molecule has 0 atom stereocenters. The van der Waals surface area contributed by atoms with Gasteiger partial charge in [-0.15, -0.1) is 0 Å². The highest BCUT2D eigenvalue weighted by Gasteiger charge is 2.17. The Morgan fingerprint density at radius 3 is 2.68 bits per heavy atom. The third kappa shape index (κ3) is 2.60. The van der Waals surface area contributed by atoms with Crippen LogP contribution < -0.4 is 9.47 Å². The summed E-state index contributed by atoms with van der Waals surface area (Å²) in [5.41, 5.74) is 1.27. The van der Waals surface area contributed by atoms with Gasteiger partial charge in [0.2, 0.25) is 5.82 Å². The van der Waals surface area contributed by atoms with Gasteiger partial charge in [0.15, 0.2) is 0 Å². The lowest BCUT2D eigenvalue weighted by Crippen LogP contribution is -1.91. The van der Waals surface area contributed by atoms with Gasteiger partial charge in [0, 0.05) is 12.3 Å². The van der Waals surface area contributed by atoms with Crippen molar-refractivity contribution in [3.05, 3.63) is 41.7 Å². The lowest BCUT2D eigenvalue weighted by Gasteiger charge is -2.07. The van der Waals surface area contributed by atoms with E-state index < -0.39 is 0 Å². The fraction of sp³-hybridized carbons (Fsp3) is 0.133. The fourth-order valence-corrected chi connectivity index (χ4v) is 2.17. The summed E-state index contributed by atoms with van der Waals surface area (Å²) in [6.07, 6.45) is 1.59. The minimum absolute atomic E-state index is 0.297. The van der Waals surface area contributed by atoms with Crippen LogP contribution in [0.2, 0.25) is 5.15 Å². The minimum atomic E-state index is 0.297. The van der Waals surface area contributed by atoms with Crippen molar-refractivity contribution in [3.8, 4) is 34.3 Å². The lowest BCUT2D eigenvalue weighted by molar-refractivity contribution is 0.394. The Balaban J connectivity index is 2.03. The van der Waals surface area contributed by atoms with Crippen molar-refractivity contribution < 1.29 is 14.0 Å². The molecule has 0 radical (unpaired) electrons. The van der Waals surface area contributed by atoms with Gasteiger partial charge in [0.05, 0.1) is 25.3 Å². The normalized spacial score (nSPS) is 10.5. The number of hydrogen-bond donors (Lipinski definition) is 0. The highest BCUT2D eigenvalue weighted by Crippen LogP contribution is 2.33. The zero-order valence-electron chi connectivity index (χ0n) is 11.9. The van der Waals surface area contributed by atoms with Gasteiger partial charge in [-0.2, -0.15) is 4.98 Å². The Kier molecular flexibility index (Phi) is 3.93. The van der Waals surface area contributed by atoms with Gasteiger partial charge in [0.1, 0.15) is 16.7 Å². The summed E-state index contributed by atoms with van der Waals surface area (Å²) in [6, 6.07) is 8.86. The van der Waals surface area contributed by atoms with Crippen molar-refractivity contribution in [2.45, 2.75) is 0 Å². The number of ether oxygens (including phenoxy) is 2. The summed E-state index contributed by atoms with van der Waals surface area (Å²) >= 11 is 6.03. The molecule has 2 heterocycles. The Morgan fingerprint density at radius 1 is 1.09 bits per heavy atom. The van der Waals surface area contributed by atoms with Crippen LogP contribution in [0.5, 0.6) is 11.5 Å². The molecule has 22 heavy (non-hydrogen) atoms. The van der Waals surface area contributed by atoms with E-state index in [9.17, 15) is 0 Å². The average molecular weight is 318 g/mol. The van der Waals surface area contributed by atoms with Crippen molar-refractivity contribution >= 4 is 11.6 Å². The van der Waals surface area contributed by atoms with Crippen LogP contribution in [-0.4, -0.2) is 29.3 Å². The fourth-order valence-electron chi connectivity index (χ4n) is 1.97. The van der Waals surface area contributed by atoms with E-state index in [1.54, 1.807) is 50.7 Å². The molecule has 2 aromatic heterocycles. The topological polar surface area (TPSA) is 70.3 Å². The molecule has 0 N–H and O–H groups in total. The second kappa shape index (κ2) is 6.03. The molecule has 3 aromatic rings. The molecule has 0 fully saturated rings. The van der Waals surface area contributed by atoms with E-state index in [-0.39, 0.29) is 0 Å². The summed E-state index contributed by atoms with van der Waals surface area (Å²) in [5.74, 6) is 1.96. The maximum absolute atomic E-state index is 6.03. The van der Waals surface area contributed by atoms with Crippen LogP contribution >= 0.6 is 11.6 Å². The highest BCUT2D eigenvalue weighted by molar-refractivity contribution is 6.31. The largest absolute Gasteiger partial charge is 0.497 e. The van der Waals surface area contributed by atoms with Crippen molar-refractivity contribution in [3.63, 3.8) is 0 Å². The molecule has 0 amide bonds. The van der Waals surface area contributed by atoms with Crippen molar-refractivity contribution in [2.75, 3.05) is 14.2 Å². The Hall–Kier alpha value is -2.60. The molecule has 0 spiro atoms. The quantitative estimate of drug-likeness (QED) is 0.686. The standard InChI is InChI=1S/C15H12ClN3O3/c1-20-9-5-6-10(12(8-9)21-2)14-18-15(22-19-14)11-4-3-7-17-13(11)16/h3-8H,1-2H3. The number of aromatic nitrogens is 3. The molecule has 3 rings (SSSR count). The van der Waals surface area contributed by atoms with E-state index in [0.29, 0.717) is 39.5 Å². The Morgan fingerprint density at radius 2 is 1.95 bits per heavy atom. The number of benzene rings is 1. The van der Waals surface area contributed by atoms with Crippen LogP contribution in [0.4, 0.5) is 0 Å². The number of rotatable bonds is 4. The van der Waals surface area contributed by atoms with Gasteiger partial charge in [-0.1, -0.05) is 16.8 Å². The second-order valence-electron chi connectivity index (χ2n) is 4.33. The summed E-state index contributed by atoms with van der Waals surface area (Å²) in [4.78, 5) is 8.34. The van der Waals surface area contributed by atoms with E-state index >= 15 is 0 Å². The first-order valence-electron chi connectivity index (χ1n) is 6.40. The first kappa shape index (κ1) is 14.3. The molecule has 0 saturated carbocycles. The third-order valence-corrected chi connectivity index (χ3v) is 3.37. The number of halogens is 1. The van der Waals surface area contributed by atoms with Crippen LogP contribution in [0.25, 0.3) is 22.8 Å². The SMILES string of the molecule is COc1ccc(-c2noc(-c3cccnc3Cl)n2)c(OC)c1. The van der Waals surface area contributed by atoms with E-state index in [2.05, 4.69) is 15.1 Å². The molecule has 0 unspecified atom stereocenters. The van der Waals surface area contributed by atoms with E-state index in [0.717, 1.165) is 0 Å². The molecule has 0 aliphatic carbocycles. The van der Waals surface area contributed by atoms with Gasteiger partial charge in [-0.05, 0) is 24.3 Å². The summed E-state index contributed by atoms with van der Waals surface area (Å²) in [5, 5.41) is 4.28. The molecule has 0 aliphatic heterocycles. The predicted octanol–water partition coefficient (Wildman–Crippen LogP) is 3.47. The summed E-state index contributed by atoms with van der Waals surface area (Å²) in [7, 11) is 3.16. The van der Waals surface area contributed by atoms with Crippen molar-refractivity contribution in [1.82, 2.24) is 15.1 Å². The monoisotopic (exact) mass is 317 g/mol. The van der Waals surface area contributed by atoms with Gasteiger partial charge in [-0.3, -0.25) is 0 Å². The second-order valence-corrected chi connectivity index (χ2v) is 4.69. The predicted molar refractivity (Wildman–Crippen MR) is 81.1 cm³/mol. The zero-order valence-corrected chi connectivity index (χ0v) is 12.7. The smallest absolute Gasteiger partial charge is 0.261 e.